The fraction of sp³-hybridized carbons (Fsp3) is 0.643. The van der Waals surface area contributed by atoms with Crippen LogP contribution in [0.2, 0.25) is 0 Å². The monoisotopic (exact) mass is 437 g/mol. The molecule has 0 bridgehead atoms. The Morgan fingerprint density at radius 3 is 2.84 bits per heavy atom. The summed E-state index contributed by atoms with van der Waals surface area (Å²) < 4.78 is 6.42. The van der Waals surface area contributed by atoms with Crippen LogP contribution < -0.4 is 4.74 Å². The molecule has 1 aromatic rings. The number of benzene rings is 1. The highest BCUT2D eigenvalue weighted by Gasteiger charge is 2.48. The number of aryl methyl sites for hydroxylation is 1. The third-order valence-electron chi connectivity index (χ3n) is 7.57. The van der Waals surface area contributed by atoms with Crippen LogP contribution in [-0.2, 0) is 6.42 Å². The SMILES string of the molecule is CC#CC[C@H](C)[C@H](O)C=C[C@@H]1[C@H]2c3cccc(CCCCN4CCCC4)c3O[C@H]2C[C@H]1O. The molecule has 6 atom stereocenters. The van der Waals surface area contributed by atoms with E-state index in [4.69, 9.17) is 4.74 Å². The van der Waals surface area contributed by atoms with Crippen molar-refractivity contribution in [3.63, 3.8) is 0 Å². The summed E-state index contributed by atoms with van der Waals surface area (Å²) in [4.78, 5) is 2.58. The number of likely N-dealkylation sites (tertiary alicyclic amines) is 1. The van der Waals surface area contributed by atoms with Crippen LogP contribution in [0.25, 0.3) is 0 Å². The van der Waals surface area contributed by atoms with Gasteiger partial charge in [0.25, 0.3) is 0 Å². The molecule has 4 heteroatoms. The van der Waals surface area contributed by atoms with Crippen molar-refractivity contribution in [3.8, 4) is 17.6 Å². The molecule has 0 spiro atoms. The summed E-state index contributed by atoms with van der Waals surface area (Å²) in [7, 11) is 0. The minimum atomic E-state index is -0.550. The van der Waals surface area contributed by atoms with Crippen molar-refractivity contribution >= 4 is 0 Å². The summed E-state index contributed by atoms with van der Waals surface area (Å²) in [6.45, 7) is 7.58. The zero-order chi connectivity index (χ0) is 22.5. The number of rotatable bonds is 9. The first kappa shape index (κ1) is 23.4. The number of hydrogen-bond donors (Lipinski definition) is 2. The first-order chi connectivity index (χ1) is 15.6. The van der Waals surface area contributed by atoms with Crippen molar-refractivity contribution in [1.82, 2.24) is 4.90 Å². The quantitative estimate of drug-likeness (QED) is 0.344. The zero-order valence-electron chi connectivity index (χ0n) is 19.7. The van der Waals surface area contributed by atoms with Crippen molar-refractivity contribution in [2.45, 2.75) is 83.0 Å². The third kappa shape index (κ3) is 5.22. The predicted molar refractivity (Wildman–Crippen MR) is 129 cm³/mol. The van der Waals surface area contributed by atoms with E-state index < -0.39 is 12.2 Å². The van der Waals surface area contributed by atoms with Crippen molar-refractivity contribution in [1.29, 1.82) is 0 Å². The number of nitrogens with zero attached hydrogens (tertiary/aromatic N) is 1. The van der Waals surface area contributed by atoms with Crippen molar-refractivity contribution in [2.75, 3.05) is 19.6 Å². The average molecular weight is 438 g/mol. The number of fused-ring (bicyclic) bond motifs is 3. The molecular weight excluding hydrogens is 398 g/mol. The van der Waals surface area contributed by atoms with Crippen LogP contribution in [0.5, 0.6) is 5.75 Å². The van der Waals surface area contributed by atoms with Gasteiger partial charge in [-0.2, -0.15) is 0 Å². The van der Waals surface area contributed by atoms with E-state index in [1.165, 1.54) is 56.4 Å². The van der Waals surface area contributed by atoms with Gasteiger partial charge in [-0.05, 0) is 70.1 Å². The average Bonchev–Trinajstić information content (AvgIpc) is 3.50. The van der Waals surface area contributed by atoms with Gasteiger partial charge >= 0.3 is 0 Å². The maximum absolute atomic E-state index is 10.7. The van der Waals surface area contributed by atoms with Crippen LogP contribution >= 0.6 is 0 Å². The van der Waals surface area contributed by atoms with Gasteiger partial charge < -0.3 is 19.8 Å². The lowest BCUT2D eigenvalue weighted by molar-refractivity contribution is 0.134. The molecule has 0 radical (unpaired) electrons. The topological polar surface area (TPSA) is 52.9 Å². The summed E-state index contributed by atoms with van der Waals surface area (Å²) in [5.74, 6) is 7.21. The van der Waals surface area contributed by atoms with Gasteiger partial charge in [-0.25, -0.2) is 0 Å². The number of aliphatic hydroxyl groups excluding tert-OH is 2. The Labute approximate surface area is 193 Å². The van der Waals surface area contributed by atoms with Gasteiger partial charge in [-0.15, -0.1) is 11.8 Å². The molecule has 0 aromatic heterocycles. The maximum atomic E-state index is 10.7. The molecule has 3 aliphatic rings. The molecule has 0 unspecified atom stereocenters. The van der Waals surface area contributed by atoms with Crippen LogP contribution in [0.1, 0.15) is 69.4 Å². The summed E-state index contributed by atoms with van der Waals surface area (Å²) in [6.07, 6.45) is 10.4. The molecule has 2 fully saturated rings. The summed E-state index contributed by atoms with van der Waals surface area (Å²) in [5.41, 5.74) is 2.54. The molecule has 174 valence electrons. The predicted octanol–water partition coefficient (Wildman–Crippen LogP) is 4.30. The number of aliphatic hydroxyl groups is 2. The van der Waals surface area contributed by atoms with Gasteiger partial charge in [-0.1, -0.05) is 37.3 Å². The molecule has 4 nitrogen and oxygen atoms in total. The normalized spacial score (nSPS) is 28.8. The molecule has 2 N–H and O–H groups in total. The van der Waals surface area contributed by atoms with Gasteiger partial charge in [0.1, 0.15) is 11.9 Å². The van der Waals surface area contributed by atoms with Gasteiger partial charge in [0.05, 0.1) is 12.2 Å². The maximum Gasteiger partial charge on any atom is 0.126 e. The molecule has 4 rings (SSSR count). The highest BCUT2D eigenvalue weighted by molar-refractivity contribution is 5.49. The molecule has 1 aromatic carbocycles. The first-order valence-electron chi connectivity index (χ1n) is 12.5. The Balaban J connectivity index is 1.40. The van der Waals surface area contributed by atoms with E-state index >= 15 is 0 Å². The zero-order valence-corrected chi connectivity index (χ0v) is 19.7. The van der Waals surface area contributed by atoms with Gasteiger partial charge in [0.15, 0.2) is 0 Å². The van der Waals surface area contributed by atoms with Gasteiger partial charge in [0.2, 0.25) is 0 Å². The summed E-state index contributed by atoms with van der Waals surface area (Å²) >= 11 is 0. The number of unbranched alkanes of at least 4 members (excludes halogenated alkanes) is 1. The van der Waals surface area contributed by atoms with Crippen LogP contribution in [0.15, 0.2) is 30.4 Å². The fourth-order valence-corrected chi connectivity index (χ4v) is 5.64. The smallest absolute Gasteiger partial charge is 0.126 e. The van der Waals surface area contributed by atoms with E-state index in [1.807, 2.05) is 26.0 Å². The molecule has 2 aliphatic heterocycles. The van der Waals surface area contributed by atoms with Crippen molar-refractivity contribution < 1.29 is 14.9 Å². The fourth-order valence-electron chi connectivity index (χ4n) is 5.64. The first-order valence-corrected chi connectivity index (χ1v) is 12.5. The van der Waals surface area contributed by atoms with Crippen LogP contribution in [0.3, 0.4) is 0 Å². The minimum absolute atomic E-state index is 0.0224. The molecule has 32 heavy (non-hydrogen) atoms. The molecular formula is C28H39NO3. The highest BCUT2D eigenvalue weighted by atomic mass is 16.5. The van der Waals surface area contributed by atoms with E-state index in [9.17, 15) is 10.2 Å². The lowest BCUT2D eigenvalue weighted by Crippen LogP contribution is -2.20. The Morgan fingerprint density at radius 1 is 1.25 bits per heavy atom. The second kappa shape index (κ2) is 10.9. The lowest BCUT2D eigenvalue weighted by atomic mass is 9.86. The lowest BCUT2D eigenvalue weighted by Gasteiger charge is -2.19. The standard InChI is InChI=1S/C28H39NO3/c1-3-4-10-20(2)24(30)15-14-22-25(31)19-26-27(22)23-13-9-12-21(28(23)32-26)11-5-6-16-29-17-7-8-18-29/h9,12-15,20,22,24-27,30-31H,5-8,10-11,16-19H2,1-2H3/t20-,22-,24+,25+,26-,27-/m0/s1. The molecule has 0 amide bonds. The third-order valence-corrected chi connectivity index (χ3v) is 7.57. The summed E-state index contributed by atoms with van der Waals surface area (Å²) in [5, 5.41) is 21.2. The van der Waals surface area contributed by atoms with Gasteiger partial charge in [-0.3, -0.25) is 0 Å². The van der Waals surface area contributed by atoms with E-state index in [0.717, 1.165) is 12.2 Å². The van der Waals surface area contributed by atoms with Crippen molar-refractivity contribution in [2.24, 2.45) is 11.8 Å². The second-order valence-electron chi connectivity index (χ2n) is 9.89. The Hall–Kier alpha value is -1.80. The Kier molecular flexibility index (Phi) is 7.94. The van der Waals surface area contributed by atoms with Gasteiger partial charge in [0, 0.05) is 30.2 Å². The largest absolute Gasteiger partial charge is 0.489 e. The number of para-hydroxylation sites is 1. The highest BCUT2D eigenvalue weighted by Crippen LogP contribution is 2.52. The van der Waals surface area contributed by atoms with Crippen LogP contribution in [0, 0.1) is 23.7 Å². The minimum Gasteiger partial charge on any atom is -0.489 e. The molecule has 1 saturated heterocycles. The van der Waals surface area contributed by atoms with E-state index in [1.54, 1.807) is 0 Å². The Bertz CT molecular complexity index is 848. The van der Waals surface area contributed by atoms with E-state index in [-0.39, 0.29) is 23.9 Å². The number of hydrogen-bond acceptors (Lipinski definition) is 4. The summed E-state index contributed by atoms with van der Waals surface area (Å²) in [6, 6.07) is 6.52. The van der Waals surface area contributed by atoms with Crippen LogP contribution in [-0.4, -0.2) is 53.1 Å². The van der Waals surface area contributed by atoms with E-state index in [2.05, 4.69) is 34.9 Å². The van der Waals surface area contributed by atoms with Crippen molar-refractivity contribution in [3.05, 3.63) is 41.5 Å². The molecule has 1 saturated carbocycles. The Morgan fingerprint density at radius 2 is 2.06 bits per heavy atom. The number of ether oxygens (including phenoxy) is 1. The van der Waals surface area contributed by atoms with E-state index in [0.29, 0.717) is 12.8 Å². The van der Waals surface area contributed by atoms with Crippen LogP contribution in [0.4, 0.5) is 0 Å². The molecule has 1 aliphatic carbocycles. The molecule has 2 heterocycles. The second-order valence-corrected chi connectivity index (χ2v) is 9.89.